The highest BCUT2D eigenvalue weighted by atomic mass is 16.5. The van der Waals surface area contributed by atoms with Crippen LogP contribution in [-0.2, 0) is 9.53 Å². The number of rotatable bonds is 6. The summed E-state index contributed by atoms with van der Waals surface area (Å²) in [6, 6.07) is 11.9. The number of carbonyl (C=O) groups is 2. The molecule has 0 bridgehead atoms. The van der Waals surface area contributed by atoms with Gasteiger partial charge in [0.15, 0.2) is 0 Å². The molecule has 25 heavy (non-hydrogen) atoms. The van der Waals surface area contributed by atoms with Gasteiger partial charge in [0.25, 0.3) is 0 Å². The van der Waals surface area contributed by atoms with Gasteiger partial charge in [0.1, 0.15) is 11.5 Å². The average molecular weight is 341 g/mol. The van der Waals surface area contributed by atoms with Gasteiger partial charge in [0.2, 0.25) is 5.91 Å². The molecule has 2 aromatic rings. The highest BCUT2D eigenvalue weighted by molar-refractivity contribution is 6.06. The van der Waals surface area contributed by atoms with Gasteiger partial charge in [-0.2, -0.15) is 0 Å². The van der Waals surface area contributed by atoms with E-state index in [0.29, 0.717) is 17.2 Å². The Labute approximate surface area is 146 Å². The van der Waals surface area contributed by atoms with E-state index < -0.39 is 5.97 Å². The summed E-state index contributed by atoms with van der Waals surface area (Å²) in [5.41, 5.74) is 1.39. The topological polar surface area (TPSA) is 73.9 Å². The highest BCUT2D eigenvalue weighted by Crippen LogP contribution is 2.25. The van der Waals surface area contributed by atoms with Gasteiger partial charge >= 0.3 is 5.97 Å². The number of nitrogens with one attached hydrogen (secondary N) is 1. The summed E-state index contributed by atoms with van der Waals surface area (Å²) in [5, 5.41) is 2.66. The Balaban J connectivity index is 2.16. The number of anilines is 1. The third-order valence-corrected chi connectivity index (χ3v) is 3.45. The molecule has 0 aliphatic carbocycles. The van der Waals surface area contributed by atoms with Crippen LogP contribution in [0.5, 0.6) is 11.5 Å². The zero-order valence-corrected chi connectivity index (χ0v) is 14.2. The zero-order valence-electron chi connectivity index (χ0n) is 14.2. The minimum atomic E-state index is -0.517. The van der Waals surface area contributed by atoms with E-state index in [0.717, 1.165) is 5.56 Å². The molecule has 1 amide bonds. The molecule has 6 heteroatoms. The van der Waals surface area contributed by atoms with E-state index >= 15 is 0 Å². The van der Waals surface area contributed by atoms with Crippen LogP contribution in [0.4, 0.5) is 5.69 Å². The number of ether oxygens (including phenoxy) is 3. The molecule has 0 fully saturated rings. The fraction of sp³-hybridized carbons (Fsp3) is 0.158. The number of methoxy groups -OCH3 is 3. The molecule has 130 valence electrons. The minimum absolute atomic E-state index is 0.286. The summed E-state index contributed by atoms with van der Waals surface area (Å²) >= 11 is 0. The van der Waals surface area contributed by atoms with Crippen molar-refractivity contribution < 1.29 is 23.8 Å². The lowest BCUT2D eigenvalue weighted by molar-refractivity contribution is -0.111. The number of para-hydroxylation sites is 1. The van der Waals surface area contributed by atoms with Crippen molar-refractivity contribution >= 4 is 23.6 Å². The van der Waals surface area contributed by atoms with Crippen LogP contribution >= 0.6 is 0 Å². The Bertz CT molecular complexity index is 798. The third-order valence-electron chi connectivity index (χ3n) is 3.45. The van der Waals surface area contributed by atoms with Gasteiger partial charge in [-0.3, -0.25) is 4.79 Å². The van der Waals surface area contributed by atoms with E-state index in [9.17, 15) is 9.59 Å². The molecule has 0 radical (unpaired) electrons. The van der Waals surface area contributed by atoms with E-state index in [1.807, 2.05) is 0 Å². The van der Waals surface area contributed by atoms with E-state index in [1.54, 1.807) is 62.8 Å². The van der Waals surface area contributed by atoms with Crippen LogP contribution < -0.4 is 14.8 Å². The van der Waals surface area contributed by atoms with E-state index in [-0.39, 0.29) is 11.5 Å². The van der Waals surface area contributed by atoms with Gasteiger partial charge in [0, 0.05) is 17.7 Å². The molecule has 2 aromatic carbocycles. The summed E-state index contributed by atoms with van der Waals surface area (Å²) in [4.78, 5) is 23.9. The molecule has 0 aromatic heterocycles. The summed E-state index contributed by atoms with van der Waals surface area (Å²) in [6.07, 6.45) is 2.98. The van der Waals surface area contributed by atoms with Gasteiger partial charge in [-0.1, -0.05) is 12.1 Å². The summed E-state index contributed by atoms with van der Waals surface area (Å²) in [6.45, 7) is 0. The summed E-state index contributed by atoms with van der Waals surface area (Å²) < 4.78 is 15.1. The standard InChI is InChI=1S/C19H19NO5/c1-23-14-10-8-13(17(12-14)24-2)9-11-18(21)20-16-7-5-4-6-15(16)19(22)25-3/h4-12H,1-3H3,(H,20,21). The number of hydrogen-bond acceptors (Lipinski definition) is 5. The van der Waals surface area contributed by atoms with E-state index in [1.165, 1.54) is 13.2 Å². The summed E-state index contributed by atoms with van der Waals surface area (Å²) in [7, 11) is 4.39. The zero-order chi connectivity index (χ0) is 18.2. The van der Waals surface area contributed by atoms with Crippen molar-refractivity contribution in [2.75, 3.05) is 26.6 Å². The largest absolute Gasteiger partial charge is 0.497 e. The summed E-state index contributed by atoms with van der Waals surface area (Å²) in [5.74, 6) is 0.342. The first kappa shape index (κ1) is 18.1. The quantitative estimate of drug-likeness (QED) is 0.645. The second-order valence-electron chi connectivity index (χ2n) is 4.97. The second-order valence-corrected chi connectivity index (χ2v) is 4.97. The SMILES string of the molecule is COC(=O)c1ccccc1NC(=O)C=Cc1ccc(OC)cc1OC. The minimum Gasteiger partial charge on any atom is -0.497 e. The molecule has 0 heterocycles. The van der Waals surface area contributed by atoms with Crippen LogP contribution in [0.15, 0.2) is 48.5 Å². The molecular weight excluding hydrogens is 322 g/mol. The average Bonchev–Trinajstić information content (AvgIpc) is 2.66. The van der Waals surface area contributed by atoms with Gasteiger partial charge in [-0.05, 0) is 30.3 Å². The molecule has 1 N–H and O–H groups in total. The normalized spacial score (nSPS) is 10.4. The second kappa shape index (κ2) is 8.54. The Morgan fingerprint density at radius 1 is 1.00 bits per heavy atom. The highest BCUT2D eigenvalue weighted by Gasteiger charge is 2.12. The Hall–Kier alpha value is -3.28. The van der Waals surface area contributed by atoms with Crippen molar-refractivity contribution in [2.24, 2.45) is 0 Å². The first-order valence-electron chi connectivity index (χ1n) is 7.47. The molecule has 0 unspecified atom stereocenters. The Kier molecular flexibility index (Phi) is 6.17. The van der Waals surface area contributed by atoms with Gasteiger partial charge in [0.05, 0.1) is 32.6 Å². The molecule has 6 nitrogen and oxygen atoms in total. The molecule has 0 aliphatic heterocycles. The monoisotopic (exact) mass is 341 g/mol. The molecule has 2 rings (SSSR count). The lowest BCUT2D eigenvalue weighted by Gasteiger charge is -2.08. The first-order chi connectivity index (χ1) is 12.1. The lowest BCUT2D eigenvalue weighted by Crippen LogP contribution is -2.12. The number of benzene rings is 2. The molecular formula is C19H19NO5. The molecule has 0 aliphatic rings. The number of carbonyl (C=O) groups excluding carboxylic acids is 2. The van der Waals surface area contributed by atoms with Crippen molar-refractivity contribution in [2.45, 2.75) is 0 Å². The molecule has 0 atom stereocenters. The predicted octanol–water partition coefficient (Wildman–Crippen LogP) is 3.14. The van der Waals surface area contributed by atoms with Crippen LogP contribution in [0.25, 0.3) is 6.08 Å². The van der Waals surface area contributed by atoms with Crippen molar-refractivity contribution in [1.82, 2.24) is 0 Å². The first-order valence-corrected chi connectivity index (χ1v) is 7.47. The van der Waals surface area contributed by atoms with Crippen LogP contribution in [0.1, 0.15) is 15.9 Å². The van der Waals surface area contributed by atoms with Crippen molar-refractivity contribution in [3.8, 4) is 11.5 Å². The fourth-order valence-corrected chi connectivity index (χ4v) is 2.18. The van der Waals surface area contributed by atoms with Crippen molar-refractivity contribution in [3.63, 3.8) is 0 Å². The van der Waals surface area contributed by atoms with E-state index in [4.69, 9.17) is 14.2 Å². The Morgan fingerprint density at radius 2 is 1.76 bits per heavy atom. The molecule has 0 saturated heterocycles. The maximum atomic E-state index is 12.2. The predicted molar refractivity (Wildman–Crippen MR) is 95.0 cm³/mol. The maximum absolute atomic E-state index is 12.2. The fourth-order valence-electron chi connectivity index (χ4n) is 2.18. The van der Waals surface area contributed by atoms with Gasteiger partial charge in [-0.15, -0.1) is 0 Å². The van der Waals surface area contributed by atoms with Crippen LogP contribution in [0, 0.1) is 0 Å². The van der Waals surface area contributed by atoms with Gasteiger partial charge in [-0.25, -0.2) is 4.79 Å². The number of hydrogen-bond donors (Lipinski definition) is 1. The Morgan fingerprint density at radius 3 is 2.44 bits per heavy atom. The number of esters is 1. The van der Waals surface area contributed by atoms with Crippen molar-refractivity contribution in [3.05, 3.63) is 59.7 Å². The maximum Gasteiger partial charge on any atom is 0.339 e. The van der Waals surface area contributed by atoms with Gasteiger partial charge < -0.3 is 19.5 Å². The van der Waals surface area contributed by atoms with Crippen LogP contribution in [0.2, 0.25) is 0 Å². The lowest BCUT2D eigenvalue weighted by atomic mass is 10.1. The number of amides is 1. The smallest absolute Gasteiger partial charge is 0.339 e. The molecule has 0 spiro atoms. The third kappa shape index (κ3) is 4.60. The molecule has 0 saturated carbocycles. The van der Waals surface area contributed by atoms with Crippen LogP contribution in [-0.4, -0.2) is 33.2 Å². The van der Waals surface area contributed by atoms with Crippen LogP contribution in [0.3, 0.4) is 0 Å². The van der Waals surface area contributed by atoms with E-state index in [2.05, 4.69) is 5.32 Å². The van der Waals surface area contributed by atoms with Crippen molar-refractivity contribution in [1.29, 1.82) is 0 Å².